The Labute approximate surface area is 94.0 Å². The fourth-order valence-corrected chi connectivity index (χ4v) is 0.857. The van der Waals surface area contributed by atoms with E-state index in [9.17, 15) is 13.2 Å². The minimum Gasteiger partial charge on any atom is -0.472 e. The summed E-state index contributed by atoms with van der Waals surface area (Å²) in [6, 6.07) is 0. The van der Waals surface area contributed by atoms with Gasteiger partial charge >= 0.3 is 5.91 Å². The van der Waals surface area contributed by atoms with Crippen molar-refractivity contribution in [2.24, 2.45) is 0 Å². The first kappa shape index (κ1) is 14.8. The van der Waals surface area contributed by atoms with Crippen LogP contribution >= 0.6 is 0 Å². The van der Waals surface area contributed by atoms with Gasteiger partial charge in [0.05, 0.1) is 6.26 Å². The molecule has 0 saturated carbocycles. The van der Waals surface area contributed by atoms with Crippen LogP contribution in [0.5, 0.6) is 0 Å². The highest BCUT2D eigenvalue weighted by atomic mass is 32.2. The van der Waals surface area contributed by atoms with Crippen LogP contribution < -0.4 is 16.3 Å². The van der Waals surface area contributed by atoms with Gasteiger partial charge in [0.1, 0.15) is 0 Å². The summed E-state index contributed by atoms with van der Waals surface area (Å²) in [5.74, 6) is -0.850. The fraction of sp³-hybridized carbons (Fsp3) is 0.571. The number of hydrazine groups is 1. The first-order chi connectivity index (χ1) is 7.40. The highest BCUT2D eigenvalue weighted by Gasteiger charge is 2.12. The Morgan fingerprint density at radius 1 is 1.44 bits per heavy atom. The van der Waals surface area contributed by atoms with Crippen molar-refractivity contribution in [2.45, 2.75) is 6.92 Å². The average molecular weight is 253 g/mol. The van der Waals surface area contributed by atoms with Crippen LogP contribution in [0, 0.1) is 0 Å². The number of amides is 1. The van der Waals surface area contributed by atoms with Gasteiger partial charge in [-0.05, 0) is 20.0 Å². The lowest BCUT2D eigenvalue weighted by Gasteiger charge is -2.09. The summed E-state index contributed by atoms with van der Waals surface area (Å²) >= 11 is 0. The van der Waals surface area contributed by atoms with Crippen molar-refractivity contribution in [3.8, 4) is 0 Å². The van der Waals surface area contributed by atoms with Gasteiger partial charge in [-0.2, -0.15) is 8.42 Å². The summed E-state index contributed by atoms with van der Waals surface area (Å²) < 4.78 is 30.2. The van der Waals surface area contributed by atoms with E-state index in [1.54, 1.807) is 19.5 Å². The van der Waals surface area contributed by atoms with Gasteiger partial charge in [0.25, 0.3) is 10.1 Å². The first-order valence-electron chi connectivity index (χ1n) is 4.28. The lowest BCUT2D eigenvalue weighted by Crippen LogP contribution is -2.33. The predicted molar refractivity (Wildman–Crippen MR) is 56.0 cm³/mol. The summed E-state index contributed by atoms with van der Waals surface area (Å²) in [4.78, 5) is 11.3. The van der Waals surface area contributed by atoms with Crippen LogP contribution in [0.3, 0.4) is 0 Å². The molecule has 9 heteroatoms. The number of carbonyl (C=O) groups is 1. The number of hydroxylamine groups is 1. The molecule has 0 heterocycles. The largest absolute Gasteiger partial charge is 0.472 e. The third-order valence-corrected chi connectivity index (χ3v) is 1.63. The molecule has 0 unspecified atom stereocenters. The summed E-state index contributed by atoms with van der Waals surface area (Å²) in [6.07, 6.45) is 2.18. The van der Waals surface area contributed by atoms with Crippen molar-refractivity contribution in [3.05, 3.63) is 11.8 Å². The molecule has 0 rings (SSSR count). The Morgan fingerprint density at radius 3 is 2.50 bits per heavy atom. The second-order valence-corrected chi connectivity index (χ2v) is 4.16. The van der Waals surface area contributed by atoms with Gasteiger partial charge in [0.15, 0.2) is 12.5 Å². The van der Waals surface area contributed by atoms with Crippen molar-refractivity contribution in [3.63, 3.8) is 0 Å². The summed E-state index contributed by atoms with van der Waals surface area (Å²) in [7, 11) is -2.10. The Morgan fingerprint density at radius 2 is 2.06 bits per heavy atom. The molecule has 0 fully saturated rings. The third kappa shape index (κ3) is 7.17. The molecule has 0 radical (unpaired) electrons. The van der Waals surface area contributed by atoms with E-state index >= 15 is 0 Å². The van der Waals surface area contributed by atoms with Gasteiger partial charge in [-0.1, -0.05) is 0 Å². The summed E-state index contributed by atoms with van der Waals surface area (Å²) in [5.41, 5.74) is 6.90. The normalized spacial score (nSPS) is 12.3. The zero-order valence-electron chi connectivity index (χ0n) is 9.23. The molecule has 0 aliphatic carbocycles. The maximum Gasteiger partial charge on any atom is 0.310 e. The molecule has 1 amide bonds. The zero-order chi connectivity index (χ0) is 12.6. The Bertz CT molecular complexity index is 351. The van der Waals surface area contributed by atoms with E-state index in [4.69, 9.17) is 4.74 Å². The van der Waals surface area contributed by atoms with E-state index in [0.29, 0.717) is 0 Å². The number of hydrogen-bond acceptors (Lipinski definition) is 7. The second kappa shape index (κ2) is 7.17. The van der Waals surface area contributed by atoms with Crippen LogP contribution in [0.4, 0.5) is 0 Å². The molecule has 0 saturated heterocycles. The molecule has 8 nitrogen and oxygen atoms in total. The molecule has 0 spiro atoms. The van der Waals surface area contributed by atoms with E-state index in [-0.39, 0.29) is 12.5 Å². The fourth-order valence-electron chi connectivity index (χ4n) is 0.630. The van der Waals surface area contributed by atoms with E-state index < -0.39 is 16.0 Å². The molecule has 0 aliphatic heterocycles. The van der Waals surface area contributed by atoms with Gasteiger partial charge in [-0.3, -0.25) is 10.2 Å². The molecule has 0 aromatic carbocycles. The Hall–Kier alpha value is -1.16. The lowest BCUT2D eigenvalue weighted by atomic mass is 10.4. The highest BCUT2D eigenvalue weighted by molar-refractivity contribution is 7.85. The maximum absolute atomic E-state index is 11.3. The van der Waals surface area contributed by atoms with Gasteiger partial charge < -0.3 is 4.74 Å². The Kier molecular flexibility index (Phi) is 6.65. The van der Waals surface area contributed by atoms with Crippen LogP contribution in [-0.4, -0.2) is 34.4 Å². The summed E-state index contributed by atoms with van der Waals surface area (Å²) in [6.45, 7) is 1.61. The van der Waals surface area contributed by atoms with Gasteiger partial charge in [0.2, 0.25) is 0 Å². The number of nitrogens with one attached hydrogen (secondary N) is 3. The summed E-state index contributed by atoms with van der Waals surface area (Å²) in [5, 5.41) is 0. The molecule has 3 N–H and O–H groups in total. The van der Waals surface area contributed by atoms with E-state index in [0.717, 1.165) is 6.26 Å². The Balaban J connectivity index is 4.13. The number of rotatable bonds is 7. The monoisotopic (exact) mass is 253 g/mol. The minimum absolute atomic E-state index is 0.0441. The van der Waals surface area contributed by atoms with E-state index in [1.807, 2.05) is 0 Å². The standard InChI is InChI=1S/C7H15N3O5S/c1-4-6(14-5-9-8-2)7(11)10-15-16(3,12)13/h4,8-9H,5H2,1-3H3,(H,10,11)/b6-4-. The van der Waals surface area contributed by atoms with Crippen LogP contribution in [0.15, 0.2) is 11.8 Å². The average Bonchev–Trinajstić information content (AvgIpc) is 2.20. The van der Waals surface area contributed by atoms with Crippen LogP contribution in [0.2, 0.25) is 0 Å². The van der Waals surface area contributed by atoms with Crippen molar-refractivity contribution >= 4 is 16.0 Å². The minimum atomic E-state index is -3.73. The molecular formula is C7H15N3O5S. The van der Waals surface area contributed by atoms with Gasteiger partial charge in [0, 0.05) is 0 Å². The number of carbonyl (C=O) groups excluding carboxylic acids is 1. The number of allylic oxidation sites excluding steroid dienone is 1. The number of hydrogen-bond donors (Lipinski definition) is 3. The van der Waals surface area contributed by atoms with Crippen molar-refractivity contribution in [1.29, 1.82) is 0 Å². The van der Waals surface area contributed by atoms with E-state index in [1.165, 1.54) is 6.08 Å². The molecule has 94 valence electrons. The maximum atomic E-state index is 11.3. The van der Waals surface area contributed by atoms with Crippen molar-refractivity contribution < 1.29 is 22.2 Å². The van der Waals surface area contributed by atoms with Crippen molar-refractivity contribution in [2.75, 3.05) is 20.0 Å². The molecule has 16 heavy (non-hydrogen) atoms. The first-order valence-corrected chi connectivity index (χ1v) is 6.10. The van der Waals surface area contributed by atoms with Gasteiger partial charge in [-0.25, -0.2) is 10.9 Å². The molecule has 0 aromatic rings. The molecule has 0 atom stereocenters. The van der Waals surface area contributed by atoms with E-state index in [2.05, 4.69) is 15.1 Å². The molecule has 0 aromatic heterocycles. The predicted octanol–water partition coefficient (Wildman–Crippen LogP) is -1.40. The smallest absolute Gasteiger partial charge is 0.310 e. The SMILES string of the molecule is C/C=C(\OCNNC)C(=O)NOS(C)(=O)=O. The highest BCUT2D eigenvalue weighted by Crippen LogP contribution is 1.96. The van der Waals surface area contributed by atoms with Crippen LogP contribution in [-0.2, 0) is 23.9 Å². The quantitative estimate of drug-likeness (QED) is 0.168. The molecule has 0 bridgehead atoms. The second-order valence-electron chi connectivity index (χ2n) is 2.59. The van der Waals surface area contributed by atoms with Crippen LogP contribution in [0.25, 0.3) is 0 Å². The number of ether oxygens (including phenoxy) is 1. The van der Waals surface area contributed by atoms with Crippen molar-refractivity contribution in [1.82, 2.24) is 16.3 Å². The van der Waals surface area contributed by atoms with Gasteiger partial charge in [-0.15, -0.1) is 4.28 Å². The van der Waals surface area contributed by atoms with Crippen LogP contribution in [0.1, 0.15) is 6.92 Å². The zero-order valence-corrected chi connectivity index (χ0v) is 10.1. The third-order valence-electron chi connectivity index (χ3n) is 1.25. The lowest BCUT2D eigenvalue weighted by molar-refractivity contribution is -0.127. The molecular weight excluding hydrogens is 238 g/mol. The topological polar surface area (TPSA) is 106 Å². The molecule has 0 aliphatic rings.